The first-order valence-corrected chi connectivity index (χ1v) is 6.13. The monoisotopic (exact) mass is 264 g/mol. The van der Waals surface area contributed by atoms with Gasteiger partial charge in [-0.3, -0.25) is 9.69 Å². The highest BCUT2D eigenvalue weighted by atomic mass is 16.5. The van der Waals surface area contributed by atoms with Gasteiger partial charge in [-0.05, 0) is 31.5 Å². The molecule has 0 aliphatic carbocycles. The molecule has 0 fully saturated rings. The Morgan fingerprint density at radius 2 is 1.84 bits per heavy atom. The highest BCUT2D eigenvalue weighted by molar-refractivity contribution is 5.89. The van der Waals surface area contributed by atoms with Gasteiger partial charge in [0.15, 0.2) is 0 Å². The average molecular weight is 264 g/mol. The Morgan fingerprint density at radius 1 is 1.26 bits per heavy atom. The van der Waals surface area contributed by atoms with Gasteiger partial charge in [0.1, 0.15) is 0 Å². The SMILES string of the molecule is COC(=O)c1ccc(CN(CC(N)=O)C(C)C)cc1. The Labute approximate surface area is 113 Å². The molecule has 2 N–H and O–H groups in total. The van der Waals surface area contributed by atoms with Gasteiger partial charge in [0.2, 0.25) is 5.91 Å². The fourth-order valence-electron chi connectivity index (χ4n) is 1.72. The van der Waals surface area contributed by atoms with E-state index >= 15 is 0 Å². The number of esters is 1. The molecule has 0 bridgehead atoms. The largest absolute Gasteiger partial charge is 0.465 e. The molecule has 0 aliphatic rings. The summed E-state index contributed by atoms with van der Waals surface area (Å²) >= 11 is 0. The second-order valence-corrected chi connectivity index (χ2v) is 4.65. The minimum atomic E-state index is -0.357. The van der Waals surface area contributed by atoms with Crippen molar-refractivity contribution in [1.82, 2.24) is 4.90 Å². The molecule has 5 heteroatoms. The van der Waals surface area contributed by atoms with E-state index in [4.69, 9.17) is 5.73 Å². The van der Waals surface area contributed by atoms with Crippen LogP contribution in [0.2, 0.25) is 0 Å². The quantitative estimate of drug-likeness (QED) is 0.783. The number of rotatable bonds is 6. The van der Waals surface area contributed by atoms with E-state index in [-0.39, 0.29) is 24.5 Å². The minimum Gasteiger partial charge on any atom is -0.465 e. The molecule has 0 aliphatic heterocycles. The number of primary amides is 1. The van der Waals surface area contributed by atoms with Crippen LogP contribution in [-0.4, -0.2) is 36.5 Å². The van der Waals surface area contributed by atoms with E-state index in [1.54, 1.807) is 12.1 Å². The number of hydrogen-bond donors (Lipinski definition) is 1. The van der Waals surface area contributed by atoms with Gasteiger partial charge >= 0.3 is 5.97 Å². The van der Waals surface area contributed by atoms with Crippen LogP contribution in [0.3, 0.4) is 0 Å². The first-order chi connectivity index (χ1) is 8.93. The van der Waals surface area contributed by atoms with Crippen LogP contribution < -0.4 is 5.73 Å². The molecule has 0 aromatic heterocycles. The van der Waals surface area contributed by atoms with Crippen molar-refractivity contribution in [3.63, 3.8) is 0 Å². The van der Waals surface area contributed by atoms with Crippen LogP contribution in [0.1, 0.15) is 29.8 Å². The molecule has 0 spiro atoms. The third-order valence-corrected chi connectivity index (χ3v) is 2.85. The number of ether oxygens (including phenoxy) is 1. The molecule has 1 aromatic rings. The van der Waals surface area contributed by atoms with Crippen LogP contribution in [0.4, 0.5) is 0 Å². The van der Waals surface area contributed by atoms with Crippen molar-refractivity contribution in [2.45, 2.75) is 26.4 Å². The minimum absolute atomic E-state index is 0.216. The molecule has 0 heterocycles. The lowest BCUT2D eigenvalue weighted by molar-refractivity contribution is -0.119. The molecule has 0 saturated carbocycles. The second kappa shape index (κ2) is 6.89. The molecule has 1 aromatic carbocycles. The van der Waals surface area contributed by atoms with Gasteiger partial charge in [0, 0.05) is 12.6 Å². The number of nitrogens with zero attached hydrogens (tertiary/aromatic N) is 1. The molecule has 5 nitrogen and oxygen atoms in total. The van der Waals surface area contributed by atoms with Crippen LogP contribution in [-0.2, 0) is 16.1 Å². The van der Waals surface area contributed by atoms with E-state index in [1.807, 2.05) is 30.9 Å². The number of nitrogens with two attached hydrogens (primary N) is 1. The normalized spacial score (nSPS) is 10.8. The zero-order chi connectivity index (χ0) is 14.4. The van der Waals surface area contributed by atoms with Crippen molar-refractivity contribution < 1.29 is 14.3 Å². The highest BCUT2D eigenvalue weighted by Crippen LogP contribution is 2.10. The maximum Gasteiger partial charge on any atom is 0.337 e. The maximum atomic E-state index is 11.3. The number of hydrogen-bond acceptors (Lipinski definition) is 4. The van der Waals surface area contributed by atoms with Gasteiger partial charge < -0.3 is 10.5 Å². The van der Waals surface area contributed by atoms with Crippen molar-refractivity contribution in [3.05, 3.63) is 35.4 Å². The zero-order valence-corrected chi connectivity index (χ0v) is 11.6. The van der Waals surface area contributed by atoms with Crippen molar-refractivity contribution in [3.8, 4) is 0 Å². The molecule has 104 valence electrons. The van der Waals surface area contributed by atoms with E-state index in [1.165, 1.54) is 7.11 Å². The Hall–Kier alpha value is -1.88. The van der Waals surface area contributed by atoms with Gasteiger partial charge in [0.25, 0.3) is 0 Å². The summed E-state index contributed by atoms with van der Waals surface area (Å²) in [5, 5.41) is 0. The zero-order valence-electron chi connectivity index (χ0n) is 11.6. The first kappa shape index (κ1) is 15.2. The average Bonchev–Trinajstić information content (AvgIpc) is 2.37. The van der Waals surface area contributed by atoms with E-state index in [0.29, 0.717) is 12.1 Å². The lowest BCUT2D eigenvalue weighted by atomic mass is 10.1. The van der Waals surface area contributed by atoms with Crippen molar-refractivity contribution >= 4 is 11.9 Å². The molecule has 0 atom stereocenters. The molecule has 0 radical (unpaired) electrons. The van der Waals surface area contributed by atoms with Gasteiger partial charge in [-0.25, -0.2) is 4.79 Å². The smallest absolute Gasteiger partial charge is 0.337 e. The summed E-state index contributed by atoms with van der Waals surface area (Å²) < 4.78 is 4.64. The Balaban J connectivity index is 2.74. The topological polar surface area (TPSA) is 72.6 Å². The molecule has 1 amide bonds. The lowest BCUT2D eigenvalue weighted by Crippen LogP contribution is -2.37. The van der Waals surface area contributed by atoms with Crippen LogP contribution in [0, 0.1) is 0 Å². The van der Waals surface area contributed by atoms with E-state index in [2.05, 4.69) is 4.74 Å². The lowest BCUT2D eigenvalue weighted by Gasteiger charge is -2.25. The fraction of sp³-hybridized carbons (Fsp3) is 0.429. The molecule has 1 rings (SSSR count). The summed E-state index contributed by atoms with van der Waals surface area (Å²) in [6.45, 7) is 4.84. The van der Waals surface area contributed by atoms with E-state index in [9.17, 15) is 9.59 Å². The first-order valence-electron chi connectivity index (χ1n) is 6.13. The second-order valence-electron chi connectivity index (χ2n) is 4.65. The molecule has 0 saturated heterocycles. The number of carbonyl (C=O) groups excluding carboxylic acids is 2. The Morgan fingerprint density at radius 3 is 2.26 bits per heavy atom. The van der Waals surface area contributed by atoms with Crippen LogP contribution in [0.5, 0.6) is 0 Å². The highest BCUT2D eigenvalue weighted by Gasteiger charge is 2.13. The number of carbonyl (C=O) groups is 2. The van der Waals surface area contributed by atoms with Gasteiger partial charge in [-0.1, -0.05) is 12.1 Å². The maximum absolute atomic E-state index is 11.3. The van der Waals surface area contributed by atoms with Gasteiger partial charge in [-0.15, -0.1) is 0 Å². The Kier molecular flexibility index (Phi) is 5.51. The van der Waals surface area contributed by atoms with Crippen molar-refractivity contribution in [2.24, 2.45) is 5.73 Å². The summed E-state index contributed by atoms with van der Waals surface area (Å²) in [6.07, 6.45) is 0. The standard InChI is InChI=1S/C14H20N2O3/c1-10(2)16(9-13(15)17)8-11-4-6-12(7-5-11)14(18)19-3/h4-7,10H,8-9H2,1-3H3,(H2,15,17). The van der Waals surface area contributed by atoms with Crippen LogP contribution in [0.25, 0.3) is 0 Å². The third kappa shape index (κ3) is 4.71. The van der Waals surface area contributed by atoms with Gasteiger partial charge in [0.05, 0.1) is 19.2 Å². The molecule has 19 heavy (non-hydrogen) atoms. The predicted octanol–water partition coefficient (Wildman–Crippen LogP) is 1.17. The summed E-state index contributed by atoms with van der Waals surface area (Å²) in [5.41, 5.74) is 6.75. The summed E-state index contributed by atoms with van der Waals surface area (Å²) in [4.78, 5) is 24.3. The van der Waals surface area contributed by atoms with E-state index in [0.717, 1.165) is 5.56 Å². The molecular weight excluding hydrogens is 244 g/mol. The predicted molar refractivity (Wildman–Crippen MR) is 72.5 cm³/mol. The summed E-state index contributed by atoms with van der Waals surface area (Å²) in [5.74, 6) is -0.704. The molecular formula is C14H20N2O3. The molecule has 0 unspecified atom stereocenters. The third-order valence-electron chi connectivity index (χ3n) is 2.85. The van der Waals surface area contributed by atoms with E-state index < -0.39 is 0 Å². The van der Waals surface area contributed by atoms with Crippen LogP contribution >= 0.6 is 0 Å². The number of methoxy groups -OCH3 is 1. The summed E-state index contributed by atoms with van der Waals surface area (Å²) in [6, 6.07) is 7.34. The fourth-order valence-corrected chi connectivity index (χ4v) is 1.72. The van der Waals surface area contributed by atoms with Crippen molar-refractivity contribution in [1.29, 1.82) is 0 Å². The Bertz CT molecular complexity index is 441. The number of amides is 1. The number of benzene rings is 1. The van der Waals surface area contributed by atoms with Crippen LogP contribution in [0.15, 0.2) is 24.3 Å². The van der Waals surface area contributed by atoms with Crippen molar-refractivity contribution in [2.75, 3.05) is 13.7 Å². The summed E-state index contributed by atoms with van der Waals surface area (Å²) in [7, 11) is 1.35. The van der Waals surface area contributed by atoms with Gasteiger partial charge in [-0.2, -0.15) is 0 Å².